The van der Waals surface area contributed by atoms with Crippen LogP contribution in [0.2, 0.25) is 0 Å². The maximum absolute atomic E-state index is 13.6. The fourth-order valence-corrected chi connectivity index (χ4v) is 4.67. The quantitative estimate of drug-likeness (QED) is 0.545. The zero-order valence-corrected chi connectivity index (χ0v) is 18.8. The number of rotatable bonds is 5. The third-order valence-electron chi connectivity index (χ3n) is 6.41. The van der Waals surface area contributed by atoms with Crippen LogP contribution in [0.4, 0.5) is 24.7 Å². The van der Waals surface area contributed by atoms with Gasteiger partial charge in [-0.1, -0.05) is 6.07 Å². The van der Waals surface area contributed by atoms with E-state index < -0.39 is 17.5 Å². The van der Waals surface area contributed by atoms with Crippen LogP contribution in [0, 0.1) is 17.5 Å². The highest BCUT2D eigenvalue weighted by Gasteiger charge is 2.28. The van der Waals surface area contributed by atoms with Crippen LogP contribution in [0.5, 0.6) is 0 Å². The highest BCUT2D eigenvalue weighted by molar-refractivity contribution is 5.98. The second kappa shape index (κ2) is 9.40. The molecule has 0 spiro atoms. The summed E-state index contributed by atoms with van der Waals surface area (Å²) in [6.45, 7) is 1.04. The van der Waals surface area contributed by atoms with Gasteiger partial charge in [0.25, 0.3) is 5.91 Å². The molecule has 2 aliphatic rings. The van der Waals surface area contributed by atoms with E-state index in [9.17, 15) is 22.8 Å². The van der Waals surface area contributed by atoms with E-state index in [0.29, 0.717) is 49.3 Å². The summed E-state index contributed by atoms with van der Waals surface area (Å²) >= 11 is 0. The zero-order valence-electron chi connectivity index (χ0n) is 18.8. The Morgan fingerprint density at radius 1 is 1.09 bits per heavy atom. The minimum atomic E-state index is -1.48. The van der Waals surface area contributed by atoms with Crippen molar-refractivity contribution >= 4 is 23.3 Å². The first-order valence-corrected chi connectivity index (χ1v) is 11.4. The van der Waals surface area contributed by atoms with Gasteiger partial charge in [-0.05, 0) is 72.4 Å². The monoisotopic (exact) mass is 480 g/mol. The van der Waals surface area contributed by atoms with Crippen molar-refractivity contribution < 1.29 is 22.8 Å². The van der Waals surface area contributed by atoms with Gasteiger partial charge in [-0.25, -0.2) is 18.2 Å². The lowest BCUT2D eigenvalue weighted by molar-refractivity contribution is -0.122. The van der Waals surface area contributed by atoms with Crippen LogP contribution >= 0.6 is 0 Å². The number of hydrogen-bond acceptors (Lipinski definition) is 4. The molecule has 1 aromatic heterocycles. The van der Waals surface area contributed by atoms with Gasteiger partial charge in [0, 0.05) is 43.0 Å². The van der Waals surface area contributed by atoms with Gasteiger partial charge in [0.15, 0.2) is 17.5 Å². The van der Waals surface area contributed by atoms with Gasteiger partial charge < -0.3 is 15.5 Å². The van der Waals surface area contributed by atoms with E-state index in [1.807, 2.05) is 23.1 Å². The van der Waals surface area contributed by atoms with Crippen LogP contribution in [0.25, 0.3) is 0 Å². The summed E-state index contributed by atoms with van der Waals surface area (Å²) in [6, 6.07) is 11.0. The molecule has 0 aliphatic carbocycles. The van der Waals surface area contributed by atoms with Crippen molar-refractivity contribution in [1.82, 2.24) is 15.6 Å². The predicted octanol–water partition coefficient (Wildman–Crippen LogP) is 3.79. The van der Waals surface area contributed by atoms with Gasteiger partial charge in [0.05, 0.1) is 0 Å². The molecule has 180 valence electrons. The van der Waals surface area contributed by atoms with E-state index in [-0.39, 0.29) is 24.3 Å². The van der Waals surface area contributed by atoms with E-state index in [2.05, 4.69) is 15.6 Å². The highest BCUT2D eigenvalue weighted by atomic mass is 19.2. The maximum Gasteiger partial charge on any atom is 0.251 e. The summed E-state index contributed by atoms with van der Waals surface area (Å²) in [5, 5.41) is 5.78. The number of carbonyl (C=O) groups excluding carboxylic acids is 2. The molecule has 2 aromatic carbocycles. The molecule has 1 saturated heterocycles. The summed E-state index contributed by atoms with van der Waals surface area (Å²) < 4.78 is 40.5. The molecule has 9 heteroatoms. The Labute approximate surface area is 200 Å². The molecule has 2 N–H and O–H groups in total. The van der Waals surface area contributed by atoms with Crippen molar-refractivity contribution in [3.05, 3.63) is 88.4 Å². The standard InChI is InChI=1S/C26H23F3N4O2/c27-20-11-16(12-21(28)25(20)29)10-15-6-8-30-23(13-15)33-9-7-18-19(2-1-3-22(18)33)26(35)32-17-4-5-24(34)31-14-17/h1-3,6,8,11-13,17H,4-5,7,9-10,14H2,(H,31,34)(H,32,35). The number of aromatic nitrogens is 1. The Morgan fingerprint density at radius 2 is 1.89 bits per heavy atom. The lowest BCUT2D eigenvalue weighted by atomic mass is 10.0. The molecule has 1 atom stereocenters. The average molecular weight is 480 g/mol. The number of hydrogen-bond donors (Lipinski definition) is 2. The van der Waals surface area contributed by atoms with Crippen LogP contribution in [0.1, 0.15) is 39.9 Å². The maximum atomic E-state index is 13.6. The van der Waals surface area contributed by atoms with Crippen LogP contribution < -0.4 is 15.5 Å². The Hall–Kier alpha value is -3.88. The van der Waals surface area contributed by atoms with Gasteiger partial charge >= 0.3 is 0 Å². The molecule has 3 heterocycles. The molecule has 5 rings (SSSR count). The molecular formula is C26H23F3N4O2. The Kier molecular flexibility index (Phi) is 6.15. The van der Waals surface area contributed by atoms with E-state index in [0.717, 1.165) is 28.9 Å². The van der Waals surface area contributed by atoms with Gasteiger partial charge in [-0.2, -0.15) is 0 Å². The van der Waals surface area contributed by atoms with Crippen molar-refractivity contribution in [2.75, 3.05) is 18.0 Å². The molecule has 2 amide bonds. The highest BCUT2D eigenvalue weighted by Crippen LogP contribution is 2.36. The number of pyridine rings is 1. The molecule has 2 aliphatic heterocycles. The van der Waals surface area contributed by atoms with Crippen LogP contribution in [0.15, 0.2) is 48.7 Å². The summed E-state index contributed by atoms with van der Waals surface area (Å²) in [7, 11) is 0. The van der Waals surface area contributed by atoms with E-state index >= 15 is 0 Å². The summed E-state index contributed by atoms with van der Waals surface area (Å²) in [6.07, 6.45) is 3.49. The van der Waals surface area contributed by atoms with Crippen LogP contribution in [-0.2, 0) is 17.6 Å². The Morgan fingerprint density at radius 3 is 2.63 bits per heavy atom. The number of halogens is 3. The van der Waals surface area contributed by atoms with Crippen molar-refractivity contribution in [3.63, 3.8) is 0 Å². The Balaban J connectivity index is 1.35. The second-order valence-electron chi connectivity index (χ2n) is 8.79. The number of benzene rings is 2. The lowest BCUT2D eigenvalue weighted by Gasteiger charge is -2.24. The van der Waals surface area contributed by atoms with Gasteiger partial charge in [-0.3, -0.25) is 9.59 Å². The molecule has 0 bridgehead atoms. The third-order valence-corrected chi connectivity index (χ3v) is 6.41. The van der Waals surface area contributed by atoms with E-state index in [1.54, 1.807) is 18.3 Å². The predicted molar refractivity (Wildman–Crippen MR) is 124 cm³/mol. The molecule has 35 heavy (non-hydrogen) atoms. The topological polar surface area (TPSA) is 74.3 Å². The summed E-state index contributed by atoms with van der Waals surface area (Å²) in [4.78, 5) is 30.8. The SMILES string of the molecule is O=C1CCC(NC(=O)c2cccc3c2CCN3c2cc(Cc3cc(F)c(F)c(F)c3)ccn2)CN1. The van der Waals surface area contributed by atoms with Crippen LogP contribution in [0.3, 0.4) is 0 Å². The molecule has 6 nitrogen and oxygen atoms in total. The largest absolute Gasteiger partial charge is 0.354 e. The Bertz CT molecular complexity index is 1280. The number of amides is 2. The van der Waals surface area contributed by atoms with Crippen LogP contribution in [-0.4, -0.2) is 35.9 Å². The molecule has 0 radical (unpaired) electrons. The smallest absolute Gasteiger partial charge is 0.251 e. The number of anilines is 2. The first-order valence-electron chi connectivity index (χ1n) is 11.4. The molecule has 3 aromatic rings. The van der Waals surface area contributed by atoms with Crippen molar-refractivity contribution in [1.29, 1.82) is 0 Å². The van der Waals surface area contributed by atoms with E-state index in [4.69, 9.17) is 0 Å². The molecule has 1 unspecified atom stereocenters. The van der Waals surface area contributed by atoms with Crippen molar-refractivity contribution in [2.24, 2.45) is 0 Å². The minimum absolute atomic E-state index is 0.00355. The number of nitrogens with one attached hydrogen (secondary N) is 2. The zero-order chi connectivity index (χ0) is 24.5. The average Bonchev–Trinajstić information content (AvgIpc) is 3.28. The minimum Gasteiger partial charge on any atom is -0.354 e. The van der Waals surface area contributed by atoms with Crippen molar-refractivity contribution in [3.8, 4) is 0 Å². The number of nitrogens with zero attached hydrogens (tertiary/aromatic N) is 2. The van der Waals surface area contributed by atoms with Gasteiger partial charge in [0.1, 0.15) is 5.82 Å². The molecule has 0 saturated carbocycles. The molecule has 1 fully saturated rings. The third kappa shape index (κ3) is 4.71. The lowest BCUT2D eigenvalue weighted by Crippen LogP contribution is -2.47. The fraction of sp³-hybridized carbons (Fsp3) is 0.269. The summed E-state index contributed by atoms with van der Waals surface area (Å²) in [5.74, 6) is -3.45. The number of fused-ring (bicyclic) bond motifs is 1. The fourth-order valence-electron chi connectivity index (χ4n) is 4.67. The molecular weight excluding hydrogens is 457 g/mol. The van der Waals surface area contributed by atoms with Gasteiger partial charge in [-0.15, -0.1) is 0 Å². The first kappa shape index (κ1) is 22.9. The van der Waals surface area contributed by atoms with E-state index in [1.165, 1.54) is 0 Å². The number of piperidine rings is 1. The normalized spacial score (nSPS) is 17.2. The van der Waals surface area contributed by atoms with Crippen molar-refractivity contribution in [2.45, 2.75) is 31.7 Å². The van der Waals surface area contributed by atoms with Gasteiger partial charge in [0.2, 0.25) is 5.91 Å². The second-order valence-corrected chi connectivity index (χ2v) is 8.79. The first-order chi connectivity index (χ1) is 16.9. The number of carbonyl (C=O) groups is 2. The summed E-state index contributed by atoms with van der Waals surface area (Å²) in [5.41, 5.74) is 3.47.